The highest BCUT2D eigenvalue weighted by Crippen LogP contribution is 2.36. The lowest BCUT2D eigenvalue weighted by atomic mass is 9.77. The first-order chi connectivity index (χ1) is 11.9. The van der Waals surface area contributed by atoms with Gasteiger partial charge in [0.1, 0.15) is 5.82 Å². The molecule has 3 nitrogen and oxygen atoms in total. The Labute approximate surface area is 146 Å². The summed E-state index contributed by atoms with van der Waals surface area (Å²) in [5, 5.41) is 1.31. The Morgan fingerprint density at radius 1 is 0.958 bits per heavy atom. The van der Waals surface area contributed by atoms with Crippen molar-refractivity contribution in [1.29, 1.82) is 0 Å². The van der Waals surface area contributed by atoms with Gasteiger partial charge >= 0.3 is 0 Å². The van der Waals surface area contributed by atoms with Gasteiger partial charge in [0.15, 0.2) is 0 Å². The summed E-state index contributed by atoms with van der Waals surface area (Å²) in [5.74, 6) is 1.93. The van der Waals surface area contributed by atoms with Crippen molar-refractivity contribution in [2.75, 3.05) is 37.6 Å². The van der Waals surface area contributed by atoms with Crippen LogP contribution in [0.1, 0.15) is 17.0 Å². The van der Waals surface area contributed by atoms with Crippen LogP contribution in [0.5, 0.6) is 0 Å². The normalized spacial score (nSPS) is 20.8. The zero-order valence-corrected chi connectivity index (χ0v) is 14.5. The van der Waals surface area contributed by atoms with Crippen LogP contribution in [-0.2, 0) is 6.42 Å². The molecule has 4 heteroatoms. The highest BCUT2D eigenvalue weighted by atomic mass is 32.1. The number of fused-ring (bicyclic) bond motifs is 2. The molecule has 5 rings (SSSR count). The fourth-order valence-electron chi connectivity index (χ4n) is 4.08. The average Bonchev–Trinajstić information content (AvgIpc) is 3.04. The molecule has 1 aromatic heterocycles. The van der Waals surface area contributed by atoms with E-state index in [0.717, 1.165) is 32.1 Å². The minimum absolute atomic E-state index is 0.743. The molecule has 0 saturated carbocycles. The highest BCUT2D eigenvalue weighted by Gasteiger charge is 2.29. The maximum atomic E-state index is 4.71. The van der Waals surface area contributed by atoms with Crippen LogP contribution in [0, 0.1) is 0 Å². The Morgan fingerprint density at radius 3 is 2.62 bits per heavy atom. The molecule has 2 aliphatic rings. The van der Waals surface area contributed by atoms with Crippen molar-refractivity contribution in [2.45, 2.75) is 12.3 Å². The first-order valence-corrected chi connectivity index (χ1v) is 9.55. The second-order valence-corrected chi connectivity index (χ2v) is 7.69. The maximum Gasteiger partial charge on any atom is 0.150 e. The number of piperazine rings is 1. The fraction of sp³-hybridized carbons (Fsp3) is 0.350. The molecule has 122 valence electrons. The van der Waals surface area contributed by atoms with Gasteiger partial charge in [-0.05, 0) is 41.2 Å². The molecule has 0 amide bonds. The van der Waals surface area contributed by atoms with Crippen LogP contribution in [0.3, 0.4) is 0 Å². The number of hydrogen-bond acceptors (Lipinski definition) is 4. The predicted molar refractivity (Wildman–Crippen MR) is 101 cm³/mol. The molecule has 2 aromatic carbocycles. The van der Waals surface area contributed by atoms with Crippen molar-refractivity contribution in [2.24, 2.45) is 0 Å². The van der Waals surface area contributed by atoms with E-state index >= 15 is 0 Å². The largest absolute Gasteiger partial charge is 0.353 e. The minimum atomic E-state index is 0.743. The van der Waals surface area contributed by atoms with Crippen molar-refractivity contribution in [3.05, 3.63) is 59.7 Å². The number of anilines is 1. The monoisotopic (exact) mass is 335 g/mol. The summed E-state index contributed by atoms with van der Waals surface area (Å²) in [6, 6.07) is 17.5. The van der Waals surface area contributed by atoms with E-state index in [1.807, 2.05) is 0 Å². The number of aromatic nitrogens is 1. The molecule has 0 N–H and O–H groups in total. The number of nitrogens with zero attached hydrogens (tertiary/aromatic N) is 3. The third kappa shape index (κ3) is 2.41. The third-order valence-corrected chi connectivity index (χ3v) is 6.29. The maximum absolute atomic E-state index is 4.71. The topological polar surface area (TPSA) is 19.4 Å². The van der Waals surface area contributed by atoms with Crippen molar-refractivity contribution in [1.82, 2.24) is 9.27 Å². The minimum Gasteiger partial charge on any atom is -0.353 e. The molecule has 24 heavy (non-hydrogen) atoms. The molecule has 1 fully saturated rings. The van der Waals surface area contributed by atoms with Crippen LogP contribution in [0.15, 0.2) is 48.5 Å². The SMILES string of the molecule is c1ccc2c(c1)C[C@H]2CN1CCN(c2nsc3ccccc23)CC1. The fourth-order valence-corrected chi connectivity index (χ4v) is 4.88. The molecule has 1 atom stereocenters. The lowest BCUT2D eigenvalue weighted by Crippen LogP contribution is -2.48. The smallest absolute Gasteiger partial charge is 0.150 e. The summed E-state index contributed by atoms with van der Waals surface area (Å²) in [6.07, 6.45) is 1.26. The molecule has 1 saturated heterocycles. The molecule has 0 bridgehead atoms. The molecule has 2 heterocycles. The summed E-state index contributed by atoms with van der Waals surface area (Å²) < 4.78 is 6.00. The van der Waals surface area contributed by atoms with E-state index in [0.29, 0.717) is 0 Å². The van der Waals surface area contributed by atoms with Crippen molar-refractivity contribution >= 4 is 27.4 Å². The Hall–Kier alpha value is -1.91. The van der Waals surface area contributed by atoms with E-state index in [9.17, 15) is 0 Å². The van der Waals surface area contributed by atoms with Gasteiger partial charge in [-0.3, -0.25) is 4.90 Å². The first kappa shape index (κ1) is 14.4. The lowest BCUT2D eigenvalue weighted by Gasteiger charge is -2.39. The number of benzene rings is 2. The van der Waals surface area contributed by atoms with Crippen molar-refractivity contribution in [3.63, 3.8) is 0 Å². The molecule has 3 aromatic rings. The van der Waals surface area contributed by atoms with Gasteiger partial charge in [0.25, 0.3) is 0 Å². The standard InChI is InChI=1S/C20H21N3S/c1-2-6-17-15(5-1)13-16(17)14-22-9-11-23(12-10-22)20-18-7-3-4-8-19(18)24-21-20/h1-8,16H,9-14H2/t16-/m0/s1. The van der Waals surface area contributed by atoms with Crippen LogP contribution in [0.2, 0.25) is 0 Å². The van der Waals surface area contributed by atoms with Crippen LogP contribution < -0.4 is 4.90 Å². The summed E-state index contributed by atoms with van der Waals surface area (Å²) >= 11 is 1.62. The van der Waals surface area contributed by atoms with Gasteiger partial charge in [0.05, 0.1) is 4.70 Å². The highest BCUT2D eigenvalue weighted by molar-refractivity contribution is 7.13. The van der Waals surface area contributed by atoms with Crippen LogP contribution >= 0.6 is 11.5 Å². The van der Waals surface area contributed by atoms with Crippen molar-refractivity contribution in [3.8, 4) is 0 Å². The number of rotatable bonds is 3. The number of hydrogen-bond donors (Lipinski definition) is 0. The van der Waals surface area contributed by atoms with E-state index in [1.54, 1.807) is 22.7 Å². The quantitative estimate of drug-likeness (QED) is 0.726. The summed E-state index contributed by atoms with van der Waals surface area (Å²) in [6.45, 7) is 5.67. The second kappa shape index (κ2) is 5.87. The molecule has 0 spiro atoms. The van der Waals surface area contributed by atoms with Crippen LogP contribution in [0.4, 0.5) is 5.82 Å². The van der Waals surface area contributed by atoms with E-state index < -0.39 is 0 Å². The molecule has 1 aliphatic heterocycles. The Balaban J connectivity index is 1.24. The zero-order chi connectivity index (χ0) is 15.9. The molecular formula is C20H21N3S. The third-order valence-electron chi connectivity index (χ3n) is 5.47. The summed E-state index contributed by atoms with van der Waals surface area (Å²) in [4.78, 5) is 5.09. The Bertz CT molecular complexity index is 864. The summed E-state index contributed by atoms with van der Waals surface area (Å²) in [5.41, 5.74) is 3.13. The average molecular weight is 335 g/mol. The van der Waals surface area contributed by atoms with E-state index in [4.69, 9.17) is 4.37 Å². The second-order valence-electron chi connectivity index (χ2n) is 6.89. The van der Waals surface area contributed by atoms with E-state index in [2.05, 4.69) is 58.3 Å². The molecule has 0 radical (unpaired) electrons. The molecule has 1 aliphatic carbocycles. The van der Waals surface area contributed by atoms with E-state index in [1.165, 1.54) is 28.9 Å². The van der Waals surface area contributed by atoms with Gasteiger partial charge in [-0.25, -0.2) is 0 Å². The van der Waals surface area contributed by atoms with Gasteiger partial charge in [-0.1, -0.05) is 36.4 Å². The van der Waals surface area contributed by atoms with Crippen molar-refractivity contribution < 1.29 is 0 Å². The van der Waals surface area contributed by atoms with Crippen LogP contribution in [0.25, 0.3) is 10.1 Å². The van der Waals surface area contributed by atoms with Crippen LogP contribution in [-0.4, -0.2) is 42.0 Å². The van der Waals surface area contributed by atoms with Gasteiger partial charge in [0.2, 0.25) is 0 Å². The molecule has 0 unspecified atom stereocenters. The zero-order valence-electron chi connectivity index (χ0n) is 13.7. The van der Waals surface area contributed by atoms with Gasteiger partial charge in [-0.15, -0.1) is 0 Å². The van der Waals surface area contributed by atoms with Gasteiger partial charge in [0, 0.05) is 44.0 Å². The predicted octanol–water partition coefficient (Wildman–Crippen LogP) is 3.76. The van der Waals surface area contributed by atoms with E-state index in [-0.39, 0.29) is 0 Å². The lowest BCUT2D eigenvalue weighted by molar-refractivity contribution is 0.234. The molecular weight excluding hydrogens is 314 g/mol. The first-order valence-electron chi connectivity index (χ1n) is 8.78. The Kier molecular flexibility index (Phi) is 3.53. The Morgan fingerprint density at radius 2 is 1.75 bits per heavy atom. The van der Waals surface area contributed by atoms with Gasteiger partial charge < -0.3 is 4.90 Å². The van der Waals surface area contributed by atoms with Gasteiger partial charge in [-0.2, -0.15) is 4.37 Å². The summed E-state index contributed by atoms with van der Waals surface area (Å²) in [7, 11) is 0.